The number of aliphatic hydroxyl groups is 1. The number of aryl methyl sites for hydroxylation is 3. The van der Waals surface area contributed by atoms with Crippen LogP contribution in [0.5, 0.6) is 0 Å². The first-order chi connectivity index (χ1) is 53.4. The third kappa shape index (κ3) is 32.8. The number of hydrogen-bond donors (Lipinski definition) is 3. The molecule has 0 bridgehead atoms. The van der Waals surface area contributed by atoms with Crippen molar-refractivity contribution in [2.75, 3.05) is 39.5 Å². The first-order valence-corrected chi connectivity index (χ1v) is 45.1. The number of nitrogens with one attached hydrogen (secondary N) is 1. The standard InChI is InChI=1S/C27H29ClF2N2O5.C24H22ClF2NO3S.C22H21ClF2N2O3.C4H8F2O.C2H6.2CH4.CH3.ClH.FH.HI.W/c1-16-6-11-22-21(12-16)20(17(2)32(22)24(34)18-7-9-19(28)10-8-18)13-23(33)36-15-27(29,30)14-31-25(35)37-26(3,4)5;1-15-4-9-21-20(12-15)19(13-22(29)31-14-24(26,27)10-3-11-32)16(2)28(21)23(30)17-5-7-18(25)8-6-17;1-13-3-8-19-18(9-13)17(10-20(28)30-12-22(24,25)11-26)14(2)27(19)21(29)15-4-6-16(23)7-5-15;1-2-4(5,6)3-7;1-2;;;;;;;/h6-12H,13-15H2,1-5H3,(H,31,35);4-9,11-12H,3,10,13-14H2,1-2H3;3-9H,10-12,26H2,1-2H3;7H,2-3H2,1H3;1-2H3;2*1H4;1H3;3*1H;/q;;;;;;;-1;;;;+2/p-2/i;;;;1D;1T;;;;;;. The normalized spacial score (nSPS) is 11.2. The van der Waals surface area contributed by atoms with Gasteiger partial charge in [0.2, 0.25) is 0 Å². The second-order valence-electron chi connectivity index (χ2n) is 26.0. The third-order valence-corrected chi connectivity index (χ3v) is 17.3. The number of aliphatic hydroxyl groups excluding tert-OH is 1. The average Bonchev–Trinajstić information content (AvgIpc) is 1.62. The van der Waals surface area contributed by atoms with Gasteiger partial charge < -0.3 is 54.9 Å². The molecule has 9 rings (SSSR count). The van der Waals surface area contributed by atoms with Gasteiger partial charge in [-0.15, -0.1) is 0 Å². The minimum atomic E-state index is -3.50. The van der Waals surface area contributed by atoms with Gasteiger partial charge in [0.25, 0.3) is 35.5 Å². The Morgan fingerprint density at radius 2 is 0.861 bits per heavy atom. The number of benzene rings is 6. The topological polar surface area (TPSA) is 231 Å². The molecule has 0 saturated heterocycles. The summed E-state index contributed by atoms with van der Waals surface area (Å²) in [5.74, 6) is -16.0. The molecule has 0 saturated carbocycles. The summed E-state index contributed by atoms with van der Waals surface area (Å²) in [7, 11) is 1.25. The van der Waals surface area contributed by atoms with Crippen LogP contribution in [0.2, 0.25) is 15.1 Å². The van der Waals surface area contributed by atoms with Gasteiger partial charge in [-0.1, -0.05) is 117 Å². The van der Waals surface area contributed by atoms with Gasteiger partial charge in [-0.05, 0) is 200 Å². The molecule has 0 radical (unpaired) electrons. The van der Waals surface area contributed by atoms with Crippen molar-refractivity contribution in [3.63, 3.8) is 0 Å². The molecule has 5 N–H and O–H groups in total. The van der Waals surface area contributed by atoms with Crippen molar-refractivity contribution in [1.82, 2.24) is 19.0 Å². The van der Waals surface area contributed by atoms with Gasteiger partial charge in [-0.3, -0.25) is 42.5 Å². The number of ether oxygens (including phenoxy) is 4. The zero-order chi connectivity index (χ0) is 86.4. The Bertz CT molecular complexity index is 4740. The number of hydrogen-bond acceptors (Lipinski definition) is 13. The Kier molecular flexibility index (Phi) is 44.2. The van der Waals surface area contributed by atoms with Crippen LogP contribution in [-0.2, 0) is 68.0 Å². The van der Waals surface area contributed by atoms with Crippen LogP contribution in [0.4, 0.5) is 43.1 Å². The van der Waals surface area contributed by atoms with Crippen molar-refractivity contribution >= 4 is 146 Å². The fourth-order valence-corrected chi connectivity index (χ4v) is 11.1. The number of carbonyl (C=O) groups is 7. The predicted molar refractivity (Wildman–Crippen MR) is 440 cm³/mol. The molecule has 0 aliphatic rings. The number of alkyl halides is 8. The molecule has 0 aliphatic carbocycles. The van der Waals surface area contributed by atoms with E-state index in [9.17, 15) is 71.8 Å². The summed E-state index contributed by atoms with van der Waals surface area (Å²) in [6.45, 7) is 13.2. The average molecular weight is 2000 g/mol. The van der Waals surface area contributed by atoms with Crippen molar-refractivity contribution in [1.29, 1.82) is 0 Å². The maximum absolute atomic E-state index is 14.2. The first kappa shape index (κ1) is 104. The Hall–Kier alpha value is -7.41. The molecule has 17 nitrogen and oxygen atoms in total. The van der Waals surface area contributed by atoms with Gasteiger partial charge in [0.15, 0.2) is 19.8 Å². The predicted octanol–water partition coefficient (Wildman–Crippen LogP) is 17.6. The van der Waals surface area contributed by atoms with Crippen molar-refractivity contribution in [2.24, 2.45) is 0 Å². The minimum absolute atomic E-state index is 0. The molecule has 6 aromatic carbocycles. The van der Waals surface area contributed by atoms with Gasteiger partial charge in [-0.25, -0.2) is 31.1 Å². The van der Waals surface area contributed by atoms with Crippen LogP contribution in [-0.4, -0.2) is 135 Å². The number of amides is 1. The van der Waals surface area contributed by atoms with Gasteiger partial charge >= 0.3 is 67.8 Å². The number of alkyl carbamates (subject to hydrolysis) is 1. The second-order valence-corrected chi connectivity index (χ2v) is 30.8. The summed E-state index contributed by atoms with van der Waals surface area (Å²) < 4.78 is 152. The van der Waals surface area contributed by atoms with Crippen molar-refractivity contribution in [3.05, 3.63) is 217 Å². The van der Waals surface area contributed by atoms with E-state index in [1.165, 1.54) is 33.4 Å². The molecule has 3 aromatic heterocycles. The fraction of sp³-hybridized carbons (Fsp3) is 0.378. The second kappa shape index (κ2) is 49.1. The zero-order valence-corrected chi connectivity index (χ0v) is 73.9. The zero-order valence-electron chi connectivity index (χ0n) is 67.0. The number of esters is 3. The van der Waals surface area contributed by atoms with E-state index in [2.05, 4.69) is 18.0 Å². The van der Waals surface area contributed by atoms with Crippen LogP contribution in [0.1, 0.15) is 160 Å². The molecule has 0 spiro atoms. The molecule has 33 heteroatoms. The van der Waals surface area contributed by atoms with E-state index in [-0.39, 0.29) is 77.1 Å². The number of rotatable bonds is 23. The van der Waals surface area contributed by atoms with Gasteiger partial charge in [0, 0.05) is 80.6 Å². The monoisotopic (exact) mass is 2000 g/mol. The Morgan fingerprint density at radius 1 is 0.574 bits per heavy atom. The summed E-state index contributed by atoms with van der Waals surface area (Å²) in [6, 6.07) is 35.9. The summed E-state index contributed by atoms with van der Waals surface area (Å²) in [4.78, 5) is 88.6. The Morgan fingerprint density at radius 3 is 1.11 bits per heavy atom. The van der Waals surface area contributed by atoms with E-state index >= 15 is 0 Å². The summed E-state index contributed by atoms with van der Waals surface area (Å²) in [6.07, 6.45) is -2.47. The fourth-order valence-electron chi connectivity index (χ4n) is 10.6. The van der Waals surface area contributed by atoms with Crippen LogP contribution in [0, 0.1) is 49.0 Å². The van der Waals surface area contributed by atoms with Crippen molar-refractivity contribution in [2.45, 2.75) is 166 Å². The molecule has 9 aromatic rings. The van der Waals surface area contributed by atoms with Crippen LogP contribution in [0.3, 0.4) is 0 Å². The third-order valence-electron chi connectivity index (χ3n) is 16.3. The summed E-state index contributed by atoms with van der Waals surface area (Å²) in [5, 5.41) is 14.6. The molecule has 0 unspecified atom stereocenters. The Labute approximate surface area is 714 Å². The quantitative estimate of drug-likeness (QED) is 0.0135. The number of carbonyl (C=O) groups excluding carboxylic acids is 7. The van der Waals surface area contributed by atoms with Crippen LogP contribution >= 0.6 is 66.4 Å². The molecular formula is C82H98Cl4F9IN5O12SW-. The SMILES string of the molecule is C.CCC(F)(F)CO.Cc1ccc2c(c1)c(CC(=O)OCC(F)(F)CCC=S)c(C)n2C(=O)c1ccc(Cl)cc1.Cc1ccc2c(c1)c(CC(=O)OCC(F)(F)CNC(=O)OC(C)(C)C)c(C)n2C(=O)c1ccc(Cl)cc1.Cc1ccc2c(c1)c(CC(=O)OCC(F)(F)C[NH3+])c(C)n2C(=O)c1ccc(Cl)cc1.[2H]CC.[3H]C.[CH3-].[Cl-].[F][W][I]. The van der Waals surface area contributed by atoms with Crippen LogP contribution < -0.4 is 23.5 Å². The van der Waals surface area contributed by atoms with E-state index in [4.69, 9.17) is 61.6 Å². The number of fused-ring (bicyclic) bond motifs is 3. The van der Waals surface area contributed by atoms with E-state index in [1.54, 1.807) is 159 Å². The van der Waals surface area contributed by atoms with E-state index < -0.39 is 115 Å². The van der Waals surface area contributed by atoms with Gasteiger partial charge in [0.05, 0.1) is 42.4 Å². The molecular weight excluding hydrogens is 1900 g/mol. The molecule has 0 fully saturated rings. The maximum atomic E-state index is 14.2. The first-order valence-electron chi connectivity index (χ1n) is 35.8. The Balaban J connectivity index is 0.00000157. The number of nitrogens with zero attached hydrogens (tertiary/aromatic N) is 3. The molecule has 0 atom stereocenters. The molecule has 634 valence electrons. The number of halogens is 14. The van der Waals surface area contributed by atoms with Crippen molar-refractivity contribution < 1.29 is 132 Å². The van der Waals surface area contributed by atoms with Crippen LogP contribution in [0.15, 0.2) is 127 Å². The number of aromatic nitrogens is 3. The number of quaternary nitrogens is 1. The number of thiocarbonyl (C=S) groups is 1. The molecule has 3 heterocycles. The van der Waals surface area contributed by atoms with Gasteiger partial charge in [-0.2, -0.15) is 8.78 Å². The van der Waals surface area contributed by atoms with Crippen molar-refractivity contribution in [3.8, 4) is 0 Å². The van der Waals surface area contributed by atoms with E-state index in [0.717, 1.165) is 16.7 Å². The van der Waals surface area contributed by atoms with Gasteiger partial charge in [0.1, 0.15) is 18.8 Å². The summed E-state index contributed by atoms with van der Waals surface area (Å²) >= 11 is 22.9. The molecule has 115 heavy (non-hydrogen) atoms. The van der Waals surface area contributed by atoms with Crippen LogP contribution in [0.25, 0.3) is 32.7 Å². The molecule has 1 amide bonds. The summed E-state index contributed by atoms with van der Waals surface area (Å²) in [5.41, 5.74) is 11.4. The van der Waals surface area contributed by atoms with E-state index in [1.807, 2.05) is 62.5 Å². The molecule has 0 aliphatic heterocycles. The van der Waals surface area contributed by atoms with E-state index in [0.29, 0.717) is 105 Å².